The fourth-order valence-electron chi connectivity index (χ4n) is 3.40. The lowest BCUT2D eigenvalue weighted by Gasteiger charge is -2.14. The number of nitrogens with zero attached hydrogens (tertiary/aromatic N) is 2. The van der Waals surface area contributed by atoms with E-state index in [0.717, 1.165) is 16.5 Å². The molecule has 2 amide bonds. The Kier molecular flexibility index (Phi) is 6.17. The van der Waals surface area contributed by atoms with E-state index in [9.17, 15) is 9.59 Å². The van der Waals surface area contributed by atoms with Crippen LogP contribution in [0.5, 0.6) is 17.2 Å². The minimum absolute atomic E-state index is 0.149. The predicted octanol–water partition coefficient (Wildman–Crippen LogP) is 3.77. The van der Waals surface area contributed by atoms with Gasteiger partial charge in [0.1, 0.15) is 22.9 Å². The summed E-state index contributed by atoms with van der Waals surface area (Å²) >= 11 is 0. The van der Waals surface area contributed by atoms with Crippen LogP contribution < -0.4 is 20.5 Å². The summed E-state index contributed by atoms with van der Waals surface area (Å²) in [6, 6.07) is 15.9. The van der Waals surface area contributed by atoms with Gasteiger partial charge in [-0.25, -0.2) is 0 Å². The Morgan fingerprint density at radius 3 is 2.61 bits per heavy atom. The second-order valence-corrected chi connectivity index (χ2v) is 7.32. The van der Waals surface area contributed by atoms with E-state index in [1.807, 2.05) is 31.2 Å². The van der Waals surface area contributed by atoms with Crippen molar-refractivity contribution in [1.29, 1.82) is 0 Å². The van der Waals surface area contributed by atoms with E-state index in [1.54, 1.807) is 43.6 Å². The molecule has 0 aliphatic heterocycles. The van der Waals surface area contributed by atoms with E-state index in [1.165, 1.54) is 6.20 Å². The van der Waals surface area contributed by atoms with Gasteiger partial charge in [-0.05, 0) is 55.0 Å². The van der Waals surface area contributed by atoms with Crippen LogP contribution in [-0.4, -0.2) is 28.9 Å². The molecular weight excluding hydrogens is 420 g/mol. The third-order valence-corrected chi connectivity index (χ3v) is 5.19. The molecule has 0 atom stereocenters. The Bertz CT molecular complexity index is 1350. The molecule has 0 saturated heterocycles. The first kappa shape index (κ1) is 21.8. The number of ether oxygens (including phenoxy) is 2. The molecule has 4 rings (SSSR count). The number of nitrogens with one attached hydrogen (secondary N) is 1. The zero-order valence-corrected chi connectivity index (χ0v) is 18.2. The highest BCUT2D eigenvalue weighted by molar-refractivity contribution is 5.96. The molecule has 33 heavy (non-hydrogen) atoms. The monoisotopic (exact) mass is 442 g/mol. The first-order chi connectivity index (χ1) is 16.0. The minimum Gasteiger partial charge on any atom is -0.497 e. The van der Waals surface area contributed by atoms with Crippen molar-refractivity contribution in [2.75, 3.05) is 7.11 Å². The Morgan fingerprint density at radius 1 is 1.00 bits per heavy atom. The van der Waals surface area contributed by atoms with Gasteiger partial charge in [-0.3, -0.25) is 19.6 Å². The molecule has 0 saturated carbocycles. The second-order valence-electron chi connectivity index (χ2n) is 7.32. The number of rotatable bonds is 7. The molecule has 0 fully saturated rings. The number of carbonyl (C=O) groups excluding carboxylic acids is 2. The smallest absolute Gasteiger partial charge is 0.267 e. The Hall–Kier alpha value is -4.46. The van der Waals surface area contributed by atoms with Gasteiger partial charge in [0.05, 0.1) is 12.6 Å². The quantitative estimate of drug-likeness (QED) is 0.450. The molecule has 2 heterocycles. The number of carbonyl (C=O) groups is 2. The topological polar surface area (TPSA) is 116 Å². The molecule has 2 aromatic heterocycles. The van der Waals surface area contributed by atoms with E-state index < -0.39 is 5.91 Å². The number of hydrogen-bond donors (Lipinski definition) is 2. The van der Waals surface area contributed by atoms with Crippen LogP contribution in [0.25, 0.3) is 10.9 Å². The number of benzene rings is 2. The number of primary amides is 1. The highest BCUT2D eigenvalue weighted by Crippen LogP contribution is 2.33. The van der Waals surface area contributed by atoms with Crippen molar-refractivity contribution in [3.8, 4) is 17.2 Å². The first-order valence-electron chi connectivity index (χ1n) is 10.2. The van der Waals surface area contributed by atoms with E-state index in [-0.39, 0.29) is 18.1 Å². The first-order valence-corrected chi connectivity index (χ1v) is 10.2. The lowest BCUT2D eigenvalue weighted by Crippen LogP contribution is -2.24. The molecule has 0 radical (unpaired) electrons. The molecule has 8 heteroatoms. The van der Waals surface area contributed by atoms with Crippen molar-refractivity contribution < 1.29 is 19.1 Å². The van der Waals surface area contributed by atoms with Gasteiger partial charge in [-0.1, -0.05) is 6.07 Å². The van der Waals surface area contributed by atoms with Gasteiger partial charge < -0.3 is 20.5 Å². The van der Waals surface area contributed by atoms with E-state index in [4.69, 9.17) is 15.2 Å². The Morgan fingerprint density at radius 2 is 1.82 bits per heavy atom. The van der Waals surface area contributed by atoms with Crippen LogP contribution in [0.2, 0.25) is 0 Å². The normalized spacial score (nSPS) is 10.6. The van der Waals surface area contributed by atoms with Gasteiger partial charge >= 0.3 is 0 Å². The summed E-state index contributed by atoms with van der Waals surface area (Å²) in [5, 5.41) is 3.69. The standard InChI is InChI=1S/C25H22N4O4/c1-15-18(25(31)29-14-16-8-10-28-21(12-16)24(26)30)4-3-5-22(15)33-23-9-11-27-20-13-17(32-2)6-7-19(20)23/h3-13H,14H2,1-2H3,(H2,26,30)(H,29,31). The molecule has 2 aromatic carbocycles. The summed E-state index contributed by atoms with van der Waals surface area (Å²) in [6.07, 6.45) is 3.15. The zero-order chi connectivity index (χ0) is 23.4. The van der Waals surface area contributed by atoms with Crippen LogP contribution in [0.1, 0.15) is 32.0 Å². The van der Waals surface area contributed by atoms with Crippen molar-refractivity contribution >= 4 is 22.7 Å². The molecule has 4 aromatic rings. The maximum atomic E-state index is 12.8. The van der Waals surface area contributed by atoms with Crippen LogP contribution in [-0.2, 0) is 6.54 Å². The lowest BCUT2D eigenvalue weighted by atomic mass is 10.1. The summed E-state index contributed by atoms with van der Waals surface area (Å²) in [5.74, 6) is 1.01. The average molecular weight is 442 g/mol. The van der Waals surface area contributed by atoms with Crippen molar-refractivity contribution in [2.24, 2.45) is 5.73 Å². The number of aromatic nitrogens is 2. The maximum Gasteiger partial charge on any atom is 0.267 e. The van der Waals surface area contributed by atoms with Crippen molar-refractivity contribution in [2.45, 2.75) is 13.5 Å². The summed E-state index contributed by atoms with van der Waals surface area (Å²) in [6.45, 7) is 2.05. The number of pyridine rings is 2. The van der Waals surface area contributed by atoms with Gasteiger partial charge in [-0.15, -0.1) is 0 Å². The molecule has 0 aliphatic carbocycles. The van der Waals surface area contributed by atoms with Crippen LogP contribution >= 0.6 is 0 Å². The Balaban J connectivity index is 1.54. The molecule has 166 valence electrons. The predicted molar refractivity (Wildman–Crippen MR) is 123 cm³/mol. The molecular formula is C25H22N4O4. The third kappa shape index (κ3) is 4.74. The summed E-state index contributed by atoms with van der Waals surface area (Å²) < 4.78 is 11.4. The van der Waals surface area contributed by atoms with Gasteiger partial charge in [0.25, 0.3) is 11.8 Å². The lowest BCUT2D eigenvalue weighted by molar-refractivity contribution is 0.0949. The molecule has 3 N–H and O–H groups in total. The summed E-state index contributed by atoms with van der Waals surface area (Å²) in [5.41, 5.74) is 8.05. The van der Waals surface area contributed by atoms with E-state index in [2.05, 4.69) is 15.3 Å². The Labute approximate surface area is 190 Å². The van der Waals surface area contributed by atoms with Gasteiger partial charge in [-0.2, -0.15) is 0 Å². The molecule has 0 spiro atoms. The summed E-state index contributed by atoms with van der Waals surface area (Å²) in [4.78, 5) is 32.4. The highest BCUT2D eigenvalue weighted by Gasteiger charge is 2.14. The molecule has 8 nitrogen and oxygen atoms in total. The minimum atomic E-state index is -0.619. The second kappa shape index (κ2) is 9.35. The van der Waals surface area contributed by atoms with Gasteiger partial charge in [0.15, 0.2) is 0 Å². The van der Waals surface area contributed by atoms with Crippen LogP contribution in [0.3, 0.4) is 0 Å². The van der Waals surface area contributed by atoms with Crippen LogP contribution in [0.4, 0.5) is 0 Å². The van der Waals surface area contributed by atoms with Crippen molar-refractivity contribution in [1.82, 2.24) is 15.3 Å². The van der Waals surface area contributed by atoms with Crippen molar-refractivity contribution in [3.05, 3.63) is 89.4 Å². The van der Waals surface area contributed by atoms with Gasteiger partial charge in [0.2, 0.25) is 0 Å². The SMILES string of the molecule is COc1ccc2c(Oc3cccc(C(=O)NCc4ccnc(C(N)=O)c4)c3C)ccnc2c1. The molecule has 0 bridgehead atoms. The van der Waals surface area contributed by atoms with Crippen molar-refractivity contribution in [3.63, 3.8) is 0 Å². The fourth-order valence-corrected chi connectivity index (χ4v) is 3.40. The van der Waals surface area contributed by atoms with E-state index in [0.29, 0.717) is 28.4 Å². The third-order valence-electron chi connectivity index (χ3n) is 5.19. The molecule has 0 unspecified atom stereocenters. The van der Waals surface area contributed by atoms with Gasteiger partial charge in [0, 0.05) is 41.5 Å². The van der Waals surface area contributed by atoms with E-state index >= 15 is 0 Å². The number of methoxy groups -OCH3 is 1. The fraction of sp³-hybridized carbons (Fsp3) is 0.120. The number of nitrogens with two attached hydrogens (primary N) is 1. The zero-order valence-electron chi connectivity index (χ0n) is 18.2. The number of amides is 2. The summed E-state index contributed by atoms with van der Waals surface area (Å²) in [7, 11) is 1.60. The number of hydrogen-bond acceptors (Lipinski definition) is 6. The molecule has 0 aliphatic rings. The van der Waals surface area contributed by atoms with Crippen LogP contribution in [0.15, 0.2) is 67.0 Å². The maximum absolute atomic E-state index is 12.8. The highest BCUT2D eigenvalue weighted by atomic mass is 16.5. The average Bonchev–Trinajstić information content (AvgIpc) is 2.83. The largest absolute Gasteiger partial charge is 0.497 e. The number of fused-ring (bicyclic) bond motifs is 1. The van der Waals surface area contributed by atoms with Crippen LogP contribution in [0, 0.1) is 6.92 Å².